The van der Waals surface area contributed by atoms with Crippen LogP contribution >= 0.6 is 12.4 Å². The second-order valence-corrected chi connectivity index (χ2v) is 5.53. The van der Waals surface area contributed by atoms with Crippen LogP contribution in [0.4, 0.5) is 0 Å². The molecule has 24 heavy (non-hydrogen) atoms. The third-order valence-electron chi connectivity index (χ3n) is 3.76. The summed E-state index contributed by atoms with van der Waals surface area (Å²) in [6, 6.07) is 16.5. The molecule has 0 saturated carbocycles. The first kappa shape index (κ1) is 20.3. The molecule has 0 unspecified atom stereocenters. The standard InChI is InChI=1S/C20H27NO2.ClH/c1-3-14-21-15-12-18-10-7-11-19(22-2)20(18)23-16-13-17-8-5-4-6-9-17;/h4-11,21H,3,12-16H2,1-2H3;1H. The van der Waals surface area contributed by atoms with Gasteiger partial charge >= 0.3 is 0 Å². The van der Waals surface area contributed by atoms with Gasteiger partial charge in [-0.3, -0.25) is 0 Å². The largest absolute Gasteiger partial charge is 0.493 e. The average molecular weight is 350 g/mol. The van der Waals surface area contributed by atoms with Crippen LogP contribution in [-0.2, 0) is 12.8 Å². The van der Waals surface area contributed by atoms with Crippen LogP contribution in [0.5, 0.6) is 11.5 Å². The Morgan fingerprint density at radius 2 is 1.71 bits per heavy atom. The molecule has 0 radical (unpaired) electrons. The fourth-order valence-corrected chi connectivity index (χ4v) is 2.52. The maximum absolute atomic E-state index is 6.07. The van der Waals surface area contributed by atoms with Crippen molar-refractivity contribution in [3.8, 4) is 11.5 Å². The van der Waals surface area contributed by atoms with Gasteiger partial charge in [0.2, 0.25) is 0 Å². The van der Waals surface area contributed by atoms with Gasteiger partial charge < -0.3 is 14.8 Å². The zero-order valence-electron chi connectivity index (χ0n) is 14.6. The Labute approximate surface area is 151 Å². The molecule has 0 amide bonds. The lowest BCUT2D eigenvalue weighted by Gasteiger charge is -2.15. The van der Waals surface area contributed by atoms with Crippen molar-refractivity contribution < 1.29 is 9.47 Å². The Morgan fingerprint density at radius 1 is 0.917 bits per heavy atom. The Balaban J connectivity index is 0.00000288. The lowest BCUT2D eigenvalue weighted by Crippen LogP contribution is -2.18. The number of rotatable bonds is 10. The quantitative estimate of drug-likeness (QED) is 0.649. The topological polar surface area (TPSA) is 30.5 Å². The molecular weight excluding hydrogens is 322 g/mol. The highest BCUT2D eigenvalue weighted by Crippen LogP contribution is 2.31. The number of para-hydroxylation sites is 1. The molecule has 0 aromatic heterocycles. The van der Waals surface area contributed by atoms with Crippen molar-refractivity contribution in [1.82, 2.24) is 5.32 Å². The van der Waals surface area contributed by atoms with E-state index in [9.17, 15) is 0 Å². The van der Waals surface area contributed by atoms with E-state index in [-0.39, 0.29) is 12.4 Å². The summed E-state index contributed by atoms with van der Waals surface area (Å²) < 4.78 is 11.5. The van der Waals surface area contributed by atoms with E-state index in [1.165, 1.54) is 11.1 Å². The minimum absolute atomic E-state index is 0. The van der Waals surface area contributed by atoms with Crippen molar-refractivity contribution in [3.05, 3.63) is 59.7 Å². The van der Waals surface area contributed by atoms with E-state index in [4.69, 9.17) is 9.47 Å². The number of nitrogens with one attached hydrogen (secondary N) is 1. The highest BCUT2D eigenvalue weighted by molar-refractivity contribution is 5.85. The number of benzene rings is 2. The number of halogens is 1. The molecule has 0 saturated heterocycles. The van der Waals surface area contributed by atoms with E-state index < -0.39 is 0 Å². The lowest BCUT2D eigenvalue weighted by molar-refractivity contribution is 0.294. The van der Waals surface area contributed by atoms with E-state index in [1.807, 2.05) is 18.2 Å². The van der Waals surface area contributed by atoms with Crippen LogP contribution in [-0.4, -0.2) is 26.8 Å². The first-order valence-corrected chi connectivity index (χ1v) is 8.38. The summed E-state index contributed by atoms with van der Waals surface area (Å²) in [5, 5.41) is 3.43. The zero-order valence-corrected chi connectivity index (χ0v) is 15.4. The molecule has 4 heteroatoms. The molecule has 132 valence electrons. The van der Waals surface area contributed by atoms with Gasteiger partial charge in [0.05, 0.1) is 13.7 Å². The third kappa shape index (κ3) is 6.42. The van der Waals surface area contributed by atoms with E-state index in [2.05, 4.69) is 42.6 Å². The van der Waals surface area contributed by atoms with Crippen LogP contribution in [0.2, 0.25) is 0 Å². The average Bonchev–Trinajstić information content (AvgIpc) is 2.60. The summed E-state index contributed by atoms with van der Waals surface area (Å²) in [5.74, 6) is 1.69. The molecule has 3 nitrogen and oxygen atoms in total. The molecule has 2 rings (SSSR count). The molecule has 0 spiro atoms. The highest BCUT2D eigenvalue weighted by Gasteiger charge is 2.10. The van der Waals surface area contributed by atoms with Crippen LogP contribution < -0.4 is 14.8 Å². The maximum Gasteiger partial charge on any atom is 0.164 e. The molecule has 1 N–H and O–H groups in total. The van der Waals surface area contributed by atoms with Crippen molar-refractivity contribution in [2.45, 2.75) is 26.2 Å². The minimum atomic E-state index is 0. The van der Waals surface area contributed by atoms with Gasteiger partial charge in [-0.1, -0.05) is 49.4 Å². The van der Waals surface area contributed by atoms with E-state index in [0.717, 1.165) is 43.9 Å². The lowest BCUT2D eigenvalue weighted by atomic mass is 10.1. The summed E-state index contributed by atoms with van der Waals surface area (Å²) in [5.41, 5.74) is 2.48. The Bertz CT molecular complexity index is 575. The van der Waals surface area contributed by atoms with Crippen LogP contribution in [0.3, 0.4) is 0 Å². The van der Waals surface area contributed by atoms with Gasteiger partial charge in [-0.25, -0.2) is 0 Å². The summed E-state index contributed by atoms with van der Waals surface area (Å²) in [6.45, 7) is 4.83. The highest BCUT2D eigenvalue weighted by atomic mass is 35.5. The van der Waals surface area contributed by atoms with E-state index in [1.54, 1.807) is 7.11 Å². The maximum atomic E-state index is 6.07. The smallest absolute Gasteiger partial charge is 0.164 e. The molecule has 2 aromatic carbocycles. The van der Waals surface area contributed by atoms with E-state index in [0.29, 0.717) is 6.61 Å². The molecule has 0 aliphatic rings. The fourth-order valence-electron chi connectivity index (χ4n) is 2.52. The molecule has 0 heterocycles. The van der Waals surface area contributed by atoms with Crippen LogP contribution in [0, 0.1) is 0 Å². The fraction of sp³-hybridized carbons (Fsp3) is 0.400. The van der Waals surface area contributed by atoms with Crippen molar-refractivity contribution in [2.75, 3.05) is 26.8 Å². The second-order valence-electron chi connectivity index (χ2n) is 5.53. The summed E-state index contributed by atoms with van der Waals surface area (Å²) in [4.78, 5) is 0. The van der Waals surface area contributed by atoms with Crippen molar-refractivity contribution in [2.24, 2.45) is 0 Å². The van der Waals surface area contributed by atoms with Gasteiger partial charge in [-0.05, 0) is 43.1 Å². The predicted octanol–water partition coefficient (Wildman–Crippen LogP) is 4.28. The van der Waals surface area contributed by atoms with Crippen molar-refractivity contribution >= 4 is 12.4 Å². The Hall–Kier alpha value is -1.71. The Kier molecular flexibility index (Phi) is 9.97. The van der Waals surface area contributed by atoms with Gasteiger partial charge in [0.25, 0.3) is 0 Å². The summed E-state index contributed by atoms with van der Waals surface area (Å²) >= 11 is 0. The Morgan fingerprint density at radius 3 is 2.42 bits per heavy atom. The van der Waals surface area contributed by atoms with Crippen LogP contribution in [0.15, 0.2) is 48.5 Å². The summed E-state index contributed by atoms with van der Waals surface area (Å²) in [6.07, 6.45) is 2.99. The molecule has 0 fully saturated rings. The first-order valence-electron chi connectivity index (χ1n) is 8.38. The van der Waals surface area contributed by atoms with Gasteiger partial charge in [0.15, 0.2) is 11.5 Å². The number of hydrogen-bond donors (Lipinski definition) is 1. The number of methoxy groups -OCH3 is 1. The normalized spacial score (nSPS) is 10.1. The molecule has 0 bridgehead atoms. The van der Waals surface area contributed by atoms with Gasteiger partial charge in [0, 0.05) is 6.42 Å². The van der Waals surface area contributed by atoms with Crippen LogP contribution in [0.25, 0.3) is 0 Å². The van der Waals surface area contributed by atoms with Gasteiger partial charge in [0.1, 0.15) is 0 Å². The van der Waals surface area contributed by atoms with Crippen LogP contribution in [0.1, 0.15) is 24.5 Å². The van der Waals surface area contributed by atoms with Gasteiger partial charge in [-0.15, -0.1) is 12.4 Å². The predicted molar refractivity (Wildman–Crippen MR) is 103 cm³/mol. The molecular formula is C20H28ClNO2. The zero-order chi connectivity index (χ0) is 16.3. The van der Waals surface area contributed by atoms with Crippen molar-refractivity contribution in [1.29, 1.82) is 0 Å². The molecule has 0 atom stereocenters. The molecule has 0 aliphatic carbocycles. The SMILES string of the molecule is CCCNCCc1cccc(OC)c1OCCc1ccccc1.Cl. The van der Waals surface area contributed by atoms with E-state index >= 15 is 0 Å². The first-order chi connectivity index (χ1) is 11.3. The molecule has 0 aliphatic heterocycles. The monoisotopic (exact) mass is 349 g/mol. The number of hydrogen-bond acceptors (Lipinski definition) is 3. The minimum Gasteiger partial charge on any atom is -0.493 e. The third-order valence-corrected chi connectivity index (χ3v) is 3.76. The molecule has 2 aromatic rings. The van der Waals surface area contributed by atoms with Crippen molar-refractivity contribution in [3.63, 3.8) is 0 Å². The number of ether oxygens (including phenoxy) is 2. The summed E-state index contributed by atoms with van der Waals surface area (Å²) in [7, 11) is 1.69. The second kappa shape index (κ2) is 11.8. The van der Waals surface area contributed by atoms with Gasteiger partial charge in [-0.2, -0.15) is 0 Å².